The molecular formula is C17H15N3O5S. The molecule has 0 saturated carbocycles. The van der Waals surface area contributed by atoms with Gasteiger partial charge in [-0.25, -0.2) is 4.98 Å². The van der Waals surface area contributed by atoms with Crippen LogP contribution >= 0.6 is 11.3 Å². The number of hydrogen-bond acceptors (Lipinski definition) is 7. The fourth-order valence-electron chi connectivity index (χ4n) is 2.22. The summed E-state index contributed by atoms with van der Waals surface area (Å²) in [6.07, 6.45) is 0. The lowest BCUT2D eigenvalue weighted by molar-refractivity contribution is -0.384. The summed E-state index contributed by atoms with van der Waals surface area (Å²) in [6, 6.07) is 11.1. The molecular weight excluding hydrogens is 358 g/mol. The molecule has 0 bridgehead atoms. The van der Waals surface area contributed by atoms with Crippen molar-refractivity contribution in [3.63, 3.8) is 0 Å². The molecule has 0 aliphatic rings. The summed E-state index contributed by atoms with van der Waals surface area (Å²) in [5.74, 6) is 0.665. The maximum Gasteiger partial charge on any atom is 0.269 e. The Balaban J connectivity index is 1.62. The number of non-ortho nitro benzene ring substituents is 1. The molecule has 0 aliphatic carbocycles. The van der Waals surface area contributed by atoms with E-state index in [1.54, 1.807) is 0 Å². The number of aromatic nitrogens is 1. The van der Waals surface area contributed by atoms with Crippen molar-refractivity contribution in [1.82, 2.24) is 4.98 Å². The van der Waals surface area contributed by atoms with E-state index in [2.05, 4.69) is 10.3 Å². The number of amides is 1. The first kappa shape index (κ1) is 17.6. The second kappa shape index (κ2) is 7.79. The van der Waals surface area contributed by atoms with Crippen molar-refractivity contribution in [2.45, 2.75) is 6.92 Å². The third-order valence-corrected chi connectivity index (χ3v) is 4.28. The predicted octanol–water partition coefficient (Wildman–Crippen LogP) is 3.62. The third-order valence-electron chi connectivity index (χ3n) is 3.35. The summed E-state index contributed by atoms with van der Waals surface area (Å²) < 4.78 is 11.8. The number of hydrogen-bond donors (Lipinski definition) is 1. The van der Waals surface area contributed by atoms with Crippen LogP contribution < -0.4 is 14.8 Å². The van der Waals surface area contributed by atoms with Crippen LogP contribution in [-0.4, -0.2) is 29.0 Å². The summed E-state index contributed by atoms with van der Waals surface area (Å²) in [5, 5.41) is 13.7. The highest BCUT2D eigenvalue weighted by Gasteiger charge is 2.12. The Hall–Kier alpha value is -3.20. The molecule has 8 nitrogen and oxygen atoms in total. The molecule has 134 valence electrons. The van der Waals surface area contributed by atoms with E-state index in [4.69, 9.17) is 9.47 Å². The van der Waals surface area contributed by atoms with Crippen molar-refractivity contribution in [1.29, 1.82) is 0 Å². The Kier molecular flexibility index (Phi) is 5.28. The molecule has 0 atom stereocenters. The van der Waals surface area contributed by atoms with Gasteiger partial charge in [-0.1, -0.05) is 17.4 Å². The van der Waals surface area contributed by atoms with E-state index >= 15 is 0 Å². The third kappa shape index (κ3) is 4.06. The Bertz CT molecular complexity index is 939. The highest BCUT2D eigenvalue weighted by molar-refractivity contribution is 7.22. The highest BCUT2D eigenvalue weighted by atomic mass is 32.1. The molecule has 0 spiro atoms. The van der Waals surface area contributed by atoms with Gasteiger partial charge in [0.25, 0.3) is 11.6 Å². The van der Waals surface area contributed by atoms with Gasteiger partial charge >= 0.3 is 0 Å². The van der Waals surface area contributed by atoms with Gasteiger partial charge in [0, 0.05) is 12.1 Å². The lowest BCUT2D eigenvalue weighted by Gasteiger charge is -2.05. The number of carbonyl (C=O) groups is 1. The predicted molar refractivity (Wildman–Crippen MR) is 98.0 cm³/mol. The van der Waals surface area contributed by atoms with Crippen LogP contribution in [0, 0.1) is 10.1 Å². The van der Waals surface area contributed by atoms with Gasteiger partial charge in [-0.15, -0.1) is 0 Å². The van der Waals surface area contributed by atoms with Crippen LogP contribution in [0.25, 0.3) is 10.2 Å². The lowest BCUT2D eigenvalue weighted by Crippen LogP contribution is -2.20. The molecule has 0 aliphatic heterocycles. The van der Waals surface area contributed by atoms with E-state index < -0.39 is 4.92 Å². The summed E-state index contributed by atoms with van der Waals surface area (Å²) in [7, 11) is 0. The van der Waals surface area contributed by atoms with Crippen LogP contribution in [0.1, 0.15) is 6.92 Å². The Labute approximate surface area is 152 Å². The number of nitrogens with zero attached hydrogens (tertiary/aromatic N) is 2. The number of ether oxygens (including phenoxy) is 2. The van der Waals surface area contributed by atoms with Crippen LogP contribution in [0.5, 0.6) is 11.5 Å². The van der Waals surface area contributed by atoms with Gasteiger partial charge < -0.3 is 9.47 Å². The van der Waals surface area contributed by atoms with Crippen molar-refractivity contribution in [3.8, 4) is 11.5 Å². The first-order valence-corrected chi connectivity index (χ1v) is 8.58. The van der Waals surface area contributed by atoms with Gasteiger partial charge in [0.2, 0.25) is 0 Å². The number of carbonyl (C=O) groups excluding carboxylic acids is 1. The minimum Gasteiger partial charge on any atom is -0.492 e. The first-order chi connectivity index (χ1) is 12.6. The summed E-state index contributed by atoms with van der Waals surface area (Å²) in [4.78, 5) is 26.5. The molecule has 1 aromatic heterocycles. The van der Waals surface area contributed by atoms with Gasteiger partial charge in [0.05, 0.1) is 16.2 Å². The number of nitrogens with one attached hydrogen (secondary N) is 1. The number of rotatable bonds is 7. The zero-order chi connectivity index (χ0) is 18.5. The Morgan fingerprint density at radius 2 is 2.00 bits per heavy atom. The Morgan fingerprint density at radius 1 is 1.23 bits per heavy atom. The molecule has 2 aromatic carbocycles. The van der Waals surface area contributed by atoms with Gasteiger partial charge in [0.15, 0.2) is 11.7 Å². The van der Waals surface area contributed by atoms with E-state index in [9.17, 15) is 14.9 Å². The summed E-state index contributed by atoms with van der Waals surface area (Å²) in [5.41, 5.74) is 0.660. The van der Waals surface area contributed by atoms with Crippen molar-refractivity contribution in [2.24, 2.45) is 0 Å². The van der Waals surface area contributed by atoms with Gasteiger partial charge in [-0.2, -0.15) is 0 Å². The lowest BCUT2D eigenvalue weighted by atomic mass is 10.3. The molecule has 26 heavy (non-hydrogen) atoms. The summed E-state index contributed by atoms with van der Waals surface area (Å²) >= 11 is 1.34. The second-order valence-electron chi connectivity index (χ2n) is 5.14. The average Bonchev–Trinajstić information content (AvgIpc) is 3.04. The van der Waals surface area contributed by atoms with Crippen molar-refractivity contribution >= 4 is 38.3 Å². The highest BCUT2D eigenvalue weighted by Crippen LogP contribution is 2.32. The zero-order valence-corrected chi connectivity index (χ0v) is 14.6. The van der Waals surface area contributed by atoms with E-state index in [-0.39, 0.29) is 18.2 Å². The molecule has 1 heterocycles. The fourth-order valence-corrected chi connectivity index (χ4v) is 3.12. The van der Waals surface area contributed by atoms with Crippen molar-refractivity contribution < 1.29 is 19.2 Å². The number of para-hydroxylation sites is 1. The molecule has 1 N–H and O–H groups in total. The quantitative estimate of drug-likeness (QED) is 0.501. The SMILES string of the molecule is CCOc1cccc2sc(NC(=O)COc3ccc([N+](=O)[O-])cc3)nc12. The van der Waals surface area contributed by atoms with Crippen molar-refractivity contribution in [2.75, 3.05) is 18.5 Å². The van der Waals surface area contributed by atoms with E-state index in [0.29, 0.717) is 28.8 Å². The first-order valence-electron chi connectivity index (χ1n) is 7.76. The van der Waals surface area contributed by atoms with Crippen LogP contribution in [0.2, 0.25) is 0 Å². The molecule has 3 rings (SSSR count). The van der Waals surface area contributed by atoms with Crippen molar-refractivity contribution in [3.05, 3.63) is 52.6 Å². The normalized spacial score (nSPS) is 10.5. The molecule has 0 radical (unpaired) electrons. The summed E-state index contributed by atoms with van der Waals surface area (Å²) in [6.45, 7) is 2.19. The van der Waals surface area contributed by atoms with E-state index in [0.717, 1.165) is 4.70 Å². The molecule has 9 heteroatoms. The van der Waals surface area contributed by atoms with Crippen LogP contribution in [0.3, 0.4) is 0 Å². The number of nitro benzene ring substituents is 1. The van der Waals surface area contributed by atoms with Crippen LogP contribution in [-0.2, 0) is 4.79 Å². The number of thiazole rings is 1. The molecule has 0 unspecified atom stereocenters. The average molecular weight is 373 g/mol. The number of fused-ring (bicyclic) bond motifs is 1. The van der Waals surface area contributed by atoms with Gasteiger partial charge in [-0.05, 0) is 31.2 Å². The topological polar surface area (TPSA) is 104 Å². The number of benzene rings is 2. The fraction of sp³-hybridized carbons (Fsp3) is 0.176. The second-order valence-corrected chi connectivity index (χ2v) is 6.17. The monoisotopic (exact) mass is 373 g/mol. The maximum atomic E-state index is 12.0. The number of anilines is 1. The molecule has 0 saturated heterocycles. The van der Waals surface area contributed by atoms with Gasteiger partial charge in [-0.3, -0.25) is 20.2 Å². The maximum absolute atomic E-state index is 12.0. The Morgan fingerprint density at radius 3 is 2.69 bits per heavy atom. The standard InChI is InChI=1S/C17H15N3O5S/c1-2-24-13-4-3-5-14-16(13)19-17(26-14)18-15(21)10-25-12-8-6-11(7-9-12)20(22)23/h3-9H,2,10H2,1H3,(H,18,19,21). The zero-order valence-electron chi connectivity index (χ0n) is 13.8. The van der Waals surface area contributed by atoms with E-state index in [1.165, 1.54) is 35.6 Å². The van der Waals surface area contributed by atoms with Crippen LogP contribution in [0.15, 0.2) is 42.5 Å². The minimum atomic E-state index is -0.500. The molecule has 3 aromatic rings. The largest absolute Gasteiger partial charge is 0.492 e. The molecule has 1 amide bonds. The smallest absolute Gasteiger partial charge is 0.269 e. The minimum absolute atomic E-state index is 0.0404. The molecule has 0 fully saturated rings. The van der Waals surface area contributed by atoms with Crippen LogP contribution in [0.4, 0.5) is 10.8 Å². The number of nitro groups is 1. The van der Waals surface area contributed by atoms with Gasteiger partial charge in [0.1, 0.15) is 17.0 Å². The van der Waals surface area contributed by atoms with E-state index in [1.807, 2.05) is 25.1 Å².